The first kappa shape index (κ1) is 13.3. The summed E-state index contributed by atoms with van der Waals surface area (Å²) >= 11 is 2.70. The Morgan fingerprint density at radius 2 is 2.05 bits per heavy atom. The van der Waals surface area contributed by atoms with Crippen molar-refractivity contribution in [2.45, 2.75) is 25.7 Å². The van der Waals surface area contributed by atoms with Crippen LogP contribution in [0.15, 0.2) is 17.5 Å². The predicted octanol–water partition coefficient (Wildman–Crippen LogP) is 2.30. The number of hydrogen-bond acceptors (Lipinski definition) is 5. The van der Waals surface area contributed by atoms with Crippen LogP contribution in [-0.2, 0) is 12.8 Å². The average molecular weight is 306 g/mol. The van der Waals surface area contributed by atoms with Crippen LogP contribution in [0.1, 0.15) is 43.3 Å². The molecule has 1 amide bonds. The maximum atomic E-state index is 12.1. The van der Waals surface area contributed by atoms with Gasteiger partial charge in [-0.1, -0.05) is 6.07 Å². The summed E-state index contributed by atoms with van der Waals surface area (Å²) < 4.78 is 0. The Balaban J connectivity index is 1.95. The largest absolute Gasteiger partial charge is 0.545 e. The van der Waals surface area contributed by atoms with Crippen LogP contribution in [0.3, 0.4) is 0 Å². The molecule has 0 spiro atoms. The summed E-state index contributed by atoms with van der Waals surface area (Å²) in [5, 5.41) is 16.3. The third kappa shape index (κ3) is 2.36. The second-order valence-corrected chi connectivity index (χ2v) is 6.69. The van der Waals surface area contributed by atoms with Crippen LogP contribution in [0.25, 0.3) is 0 Å². The summed E-state index contributed by atoms with van der Waals surface area (Å²) in [5.41, 5.74) is 1.03. The smallest absolute Gasteiger partial charge is 0.266 e. The Hall–Kier alpha value is -1.66. The number of nitrogens with one attached hydrogen (secondary N) is 1. The van der Waals surface area contributed by atoms with Crippen molar-refractivity contribution < 1.29 is 14.7 Å². The normalized spacial score (nSPS) is 13.8. The molecule has 0 aromatic carbocycles. The van der Waals surface area contributed by atoms with Crippen molar-refractivity contribution in [1.29, 1.82) is 0 Å². The first-order valence-corrected chi connectivity index (χ1v) is 8.07. The molecule has 0 radical (unpaired) electrons. The van der Waals surface area contributed by atoms with E-state index in [1.54, 1.807) is 12.1 Å². The molecule has 4 nitrogen and oxygen atoms in total. The number of rotatable bonds is 3. The molecule has 6 heteroatoms. The van der Waals surface area contributed by atoms with Crippen LogP contribution in [0.4, 0.5) is 5.00 Å². The van der Waals surface area contributed by atoms with Gasteiger partial charge in [-0.3, -0.25) is 4.79 Å². The van der Waals surface area contributed by atoms with Gasteiger partial charge in [0.15, 0.2) is 0 Å². The highest BCUT2D eigenvalue weighted by Crippen LogP contribution is 2.38. The molecule has 0 saturated heterocycles. The third-order valence-electron chi connectivity index (χ3n) is 3.35. The lowest BCUT2D eigenvalue weighted by molar-refractivity contribution is -0.254. The predicted molar refractivity (Wildman–Crippen MR) is 77.6 cm³/mol. The second kappa shape index (κ2) is 5.38. The van der Waals surface area contributed by atoms with E-state index in [0.29, 0.717) is 9.88 Å². The van der Waals surface area contributed by atoms with E-state index >= 15 is 0 Å². The molecule has 2 aromatic heterocycles. The van der Waals surface area contributed by atoms with Gasteiger partial charge in [0.2, 0.25) is 0 Å². The third-order valence-corrected chi connectivity index (χ3v) is 5.42. The number of hydrogen-bond donors (Lipinski definition) is 1. The Morgan fingerprint density at radius 3 is 2.75 bits per heavy atom. The van der Waals surface area contributed by atoms with Gasteiger partial charge in [-0.05, 0) is 42.7 Å². The van der Waals surface area contributed by atoms with E-state index in [2.05, 4.69) is 5.32 Å². The molecule has 104 valence electrons. The maximum Gasteiger partial charge on any atom is 0.266 e. The number of carboxylic acids is 1. The Labute approximate surface area is 124 Å². The van der Waals surface area contributed by atoms with E-state index in [9.17, 15) is 14.7 Å². The first-order chi connectivity index (χ1) is 9.66. The highest BCUT2D eigenvalue weighted by molar-refractivity contribution is 7.17. The molecule has 1 N–H and O–H groups in total. The van der Waals surface area contributed by atoms with Crippen LogP contribution < -0.4 is 10.4 Å². The molecule has 0 aliphatic heterocycles. The van der Waals surface area contributed by atoms with E-state index in [1.165, 1.54) is 22.7 Å². The maximum absolute atomic E-state index is 12.1. The molecular weight excluding hydrogens is 294 g/mol. The highest BCUT2D eigenvalue weighted by Gasteiger charge is 2.22. The molecule has 0 fully saturated rings. The standard InChI is InChI=1S/C14H13NO3S2/c16-12(10-6-3-7-19-10)15-13-11(14(17)18)8-4-1-2-5-9(8)20-13/h3,6-7H,1-2,4-5H2,(H,15,16)(H,17,18)/p-1. The molecule has 2 aromatic rings. The number of carboxylic acid groups (broad SMARTS) is 1. The summed E-state index contributed by atoms with van der Waals surface area (Å²) in [6.45, 7) is 0. The molecule has 0 atom stereocenters. The summed E-state index contributed by atoms with van der Waals surface area (Å²) in [6, 6.07) is 3.50. The lowest BCUT2D eigenvalue weighted by atomic mass is 9.95. The molecule has 2 heterocycles. The Kier molecular flexibility index (Phi) is 3.58. The van der Waals surface area contributed by atoms with Crippen LogP contribution >= 0.6 is 22.7 Å². The fourth-order valence-corrected chi connectivity index (χ4v) is 4.33. The minimum Gasteiger partial charge on any atom is -0.545 e. The first-order valence-electron chi connectivity index (χ1n) is 6.37. The lowest BCUT2D eigenvalue weighted by Gasteiger charge is -2.13. The summed E-state index contributed by atoms with van der Waals surface area (Å²) in [6.07, 6.45) is 3.69. The topological polar surface area (TPSA) is 69.2 Å². The van der Waals surface area contributed by atoms with Gasteiger partial charge in [0, 0.05) is 10.4 Å². The van der Waals surface area contributed by atoms with Gasteiger partial charge in [-0.2, -0.15) is 0 Å². The van der Waals surface area contributed by atoms with Gasteiger partial charge in [-0.25, -0.2) is 0 Å². The zero-order chi connectivity index (χ0) is 14.1. The number of aryl methyl sites for hydroxylation is 1. The SMILES string of the molecule is O=C(Nc1sc2c(c1C(=O)[O-])CCCC2)c1cccs1. The number of carbonyl (C=O) groups is 2. The van der Waals surface area contributed by atoms with Crippen molar-refractivity contribution in [3.05, 3.63) is 38.4 Å². The Bertz CT molecular complexity index is 658. The van der Waals surface area contributed by atoms with Crippen LogP contribution in [0, 0.1) is 0 Å². The van der Waals surface area contributed by atoms with Crippen molar-refractivity contribution in [3.63, 3.8) is 0 Å². The van der Waals surface area contributed by atoms with Crippen LogP contribution in [-0.4, -0.2) is 11.9 Å². The number of anilines is 1. The molecule has 1 aliphatic rings. The molecule has 0 unspecified atom stereocenters. The number of amides is 1. The van der Waals surface area contributed by atoms with Crippen LogP contribution in [0.2, 0.25) is 0 Å². The zero-order valence-electron chi connectivity index (χ0n) is 10.6. The fourth-order valence-electron chi connectivity index (χ4n) is 2.44. The molecule has 20 heavy (non-hydrogen) atoms. The number of aromatic carboxylic acids is 1. The molecular formula is C14H12NO3S2-. The van der Waals surface area contributed by atoms with Gasteiger partial charge >= 0.3 is 0 Å². The van der Waals surface area contributed by atoms with E-state index < -0.39 is 5.97 Å². The summed E-state index contributed by atoms with van der Waals surface area (Å²) in [4.78, 5) is 25.1. The summed E-state index contributed by atoms with van der Waals surface area (Å²) in [7, 11) is 0. The van der Waals surface area contributed by atoms with Gasteiger partial charge in [0.05, 0.1) is 10.8 Å². The van der Waals surface area contributed by atoms with Gasteiger partial charge < -0.3 is 15.2 Å². The zero-order valence-corrected chi connectivity index (χ0v) is 12.2. The quantitative estimate of drug-likeness (QED) is 0.946. The number of carbonyl (C=O) groups excluding carboxylic acids is 2. The average Bonchev–Trinajstić information content (AvgIpc) is 3.05. The number of thiophene rings is 2. The van der Waals surface area contributed by atoms with E-state index in [4.69, 9.17) is 0 Å². The number of fused-ring (bicyclic) bond motifs is 1. The monoisotopic (exact) mass is 306 g/mol. The van der Waals surface area contributed by atoms with E-state index in [0.717, 1.165) is 36.1 Å². The molecule has 0 bridgehead atoms. The van der Waals surface area contributed by atoms with Crippen molar-refractivity contribution >= 4 is 39.6 Å². The lowest BCUT2D eigenvalue weighted by Crippen LogP contribution is -2.25. The minimum absolute atomic E-state index is 0.176. The minimum atomic E-state index is -1.20. The highest BCUT2D eigenvalue weighted by atomic mass is 32.1. The van der Waals surface area contributed by atoms with Gasteiger partial charge in [0.25, 0.3) is 5.91 Å². The molecule has 3 rings (SSSR count). The Morgan fingerprint density at radius 1 is 1.25 bits per heavy atom. The van der Waals surface area contributed by atoms with E-state index in [1.807, 2.05) is 5.38 Å². The fraction of sp³-hybridized carbons (Fsp3) is 0.286. The van der Waals surface area contributed by atoms with Gasteiger partial charge in [0.1, 0.15) is 5.00 Å². The summed E-state index contributed by atoms with van der Waals surface area (Å²) in [5.74, 6) is -1.47. The van der Waals surface area contributed by atoms with E-state index in [-0.39, 0.29) is 11.5 Å². The van der Waals surface area contributed by atoms with Crippen LogP contribution in [0.5, 0.6) is 0 Å². The molecule has 1 aliphatic carbocycles. The van der Waals surface area contributed by atoms with Crippen molar-refractivity contribution in [2.75, 3.05) is 5.32 Å². The van der Waals surface area contributed by atoms with Gasteiger partial charge in [-0.15, -0.1) is 22.7 Å². The van der Waals surface area contributed by atoms with Crippen molar-refractivity contribution in [1.82, 2.24) is 0 Å². The van der Waals surface area contributed by atoms with Crippen molar-refractivity contribution in [3.8, 4) is 0 Å². The van der Waals surface area contributed by atoms with Crippen molar-refractivity contribution in [2.24, 2.45) is 0 Å². The second-order valence-electron chi connectivity index (χ2n) is 4.63. The molecule has 0 saturated carbocycles.